The minimum atomic E-state index is -1.29. The molecule has 0 fully saturated rings. The van der Waals surface area contributed by atoms with Crippen LogP contribution in [0, 0.1) is 6.92 Å². The van der Waals surface area contributed by atoms with E-state index in [0.29, 0.717) is 0 Å². The lowest BCUT2D eigenvalue weighted by Gasteiger charge is -2.39. The monoisotopic (exact) mass is 221 g/mol. The first kappa shape index (κ1) is 12.7. The van der Waals surface area contributed by atoms with Gasteiger partial charge >= 0.3 is 5.97 Å². The van der Waals surface area contributed by atoms with Gasteiger partial charge in [0.2, 0.25) is 0 Å². The van der Waals surface area contributed by atoms with E-state index in [0.717, 1.165) is 11.1 Å². The highest BCUT2D eigenvalue weighted by Gasteiger charge is 2.45. The van der Waals surface area contributed by atoms with Crippen molar-refractivity contribution < 1.29 is 9.90 Å². The highest BCUT2D eigenvalue weighted by atomic mass is 16.4. The van der Waals surface area contributed by atoms with Gasteiger partial charge in [-0.05, 0) is 25.0 Å². The SMILES string of the molecule is Cc1ccccc1C(C)(C)C(C)(N)C(=O)O. The minimum absolute atomic E-state index is 0.621. The molecule has 0 bridgehead atoms. The van der Waals surface area contributed by atoms with Gasteiger partial charge in [0.25, 0.3) is 0 Å². The van der Waals surface area contributed by atoms with Crippen LogP contribution in [0.2, 0.25) is 0 Å². The number of hydrogen-bond donors (Lipinski definition) is 2. The zero-order chi connectivity index (χ0) is 12.6. The third-order valence-corrected chi connectivity index (χ3v) is 3.56. The summed E-state index contributed by atoms with van der Waals surface area (Å²) in [5, 5.41) is 9.20. The number of carbonyl (C=O) groups is 1. The number of nitrogens with two attached hydrogens (primary N) is 1. The fraction of sp³-hybridized carbons (Fsp3) is 0.462. The first-order valence-electron chi connectivity index (χ1n) is 5.29. The number of aliphatic carboxylic acids is 1. The van der Waals surface area contributed by atoms with Crippen molar-refractivity contribution in [1.29, 1.82) is 0 Å². The third kappa shape index (κ3) is 1.83. The van der Waals surface area contributed by atoms with Crippen LogP contribution in [0.25, 0.3) is 0 Å². The quantitative estimate of drug-likeness (QED) is 0.821. The Morgan fingerprint density at radius 1 is 1.25 bits per heavy atom. The average Bonchev–Trinajstić information content (AvgIpc) is 2.17. The summed E-state index contributed by atoms with van der Waals surface area (Å²) in [6.45, 7) is 7.25. The molecule has 0 aliphatic carbocycles. The lowest BCUT2D eigenvalue weighted by molar-refractivity contribution is -0.145. The summed E-state index contributed by atoms with van der Waals surface area (Å²) in [5.74, 6) is -0.985. The lowest BCUT2D eigenvalue weighted by atomic mass is 9.68. The predicted molar refractivity (Wildman–Crippen MR) is 64.4 cm³/mol. The van der Waals surface area contributed by atoms with Crippen LogP contribution in [0.3, 0.4) is 0 Å². The van der Waals surface area contributed by atoms with Crippen LogP contribution >= 0.6 is 0 Å². The summed E-state index contributed by atoms with van der Waals surface area (Å²) >= 11 is 0. The molecule has 3 N–H and O–H groups in total. The van der Waals surface area contributed by atoms with Crippen LogP contribution < -0.4 is 5.73 Å². The van der Waals surface area contributed by atoms with E-state index in [1.807, 2.05) is 45.0 Å². The molecule has 1 rings (SSSR count). The molecule has 1 unspecified atom stereocenters. The van der Waals surface area contributed by atoms with Crippen LogP contribution in [0.1, 0.15) is 31.9 Å². The van der Waals surface area contributed by atoms with Crippen molar-refractivity contribution in [3.05, 3.63) is 35.4 Å². The maximum atomic E-state index is 11.2. The fourth-order valence-electron chi connectivity index (χ4n) is 1.82. The summed E-state index contributed by atoms with van der Waals surface area (Å²) in [6, 6.07) is 7.74. The molecule has 0 aliphatic heterocycles. The number of rotatable bonds is 3. The molecule has 0 radical (unpaired) electrons. The van der Waals surface area contributed by atoms with Crippen LogP contribution in [0.5, 0.6) is 0 Å². The van der Waals surface area contributed by atoms with E-state index >= 15 is 0 Å². The van der Waals surface area contributed by atoms with Crippen LogP contribution in [-0.2, 0) is 10.2 Å². The summed E-state index contributed by atoms with van der Waals surface area (Å²) < 4.78 is 0. The van der Waals surface area contributed by atoms with E-state index in [1.54, 1.807) is 6.92 Å². The van der Waals surface area contributed by atoms with Gasteiger partial charge in [0, 0.05) is 5.41 Å². The zero-order valence-corrected chi connectivity index (χ0v) is 10.2. The van der Waals surface area contributed by atoms with E-state index in [9.17, 15) is 9.90 Å². The molecule has 0 spiro atoms. The Kier molecular flexibility index (Phi) is 3.10. The zero-order valence-electron chi connectivity index (χ0n) is 10.2. The molecule has 3 heteroatoms. The summed E-state index contributed by atoms with van der Waals surface area (Å²) in [5.41, 5.74) is 6.06. The first-order valence-corrected chi connectivity index (χ1v) is 5.29. The summed E-state index contributed by atoms with van der Waals surface area (Å²) in [7, 11) is 0. The van der Waals surface area contributed by atoms with Crippen molar-refractivity contribution >= 4 is 5.97 Å². The van der Waals surface area contributed by atoms with Gasteiger partial charge in [0.15, 0.2) is 0 Å². The lowest BCUT2D eigenvalue weighted by Crippen LogP contribution is -2.58. The fourth-order valence-corrected chi connectivity index (χ4v) is 1.82. The highest BCUT2D eigenvalue weighted by molar-refractivity contribution is 5.80. The predicted octanol–water partition coefficient (Wildman–Crippen LogP) is 2.07. The normalized spacial score (nSPS) is 15.6. The van der Waals surface area contributed by atoms with Gasteiger partial charge in [-0.25, -0.2) is 0 Å². The Labute approximate surface area is 96.3 Å². The Hall–Kier alpha value is -1.35. The standard InChI is InChI=1S/C13H19NO2/c1-9-7-5-6-8-10(9)12(2,3)13(4,14)11(15)16/h5-8H,14H2,1-4H3,(H,15,16). The number of carboxylic acid groups (broad SMARTS) is 1. The maximum Gasteiger partial charge on any atom is 0.324 e. The van der Waals surface area contributed by atoms with Crippen molar-refractivity contribution in [3.63, 3.8) is 0 Å². The maximum absolute atomic E-state index is 11.2. The van der Waals surface area contributed by atoms with E-state index in [4.69, 9.17) is 5.73 Å². The molecular formula is C13H19NO2. The molecule has 88 valence electrons. The number of aryl methyl sites for hydroxylation is 1. The van der Waals surface area contributed by atoms with Gasteiger partial charge < -0.3 is 10.8 Å². The third-order valence-electron chi connectivity index (χ3n) is 3.56. The molecule has 1 atom stereocenters. The van der Waals surface area contributed by atoms with Crippen molar-refractivity contribution in [2.24, 2.45) is 5.73 Å². The van der Waals surface area contributed by atoms with E-state index in [1.165, 1.54) is 0 Å². The molecule has 3 nitrogen and oxygen atoms in total. The molecule has 0 saturated carbocycles. The first-order chi connectivity index (χ1) is 7.21. The molecule has 0 aromatic heterocycles. The molecule has 16 heavy (non-hydrogen) atoms. The molecule has 0 amide bonds. The molecule has 0 saturated heterocycles. The topological polar surface area (TPSA) is 63.3 Å². The molecule has 0 aliphatic rings. The Morgan fingerprint density at radius 2 is 1.75 bits per heavy atom. The van der Waals surface area contributed by atoms with Gasteiger partial charge in [-0.1, -0.05) is 38.1 Å². The Balaban J connectivity index is 3.32. The van der Waals surface area contributed by atoms with Gasteiger partial charge in [-0.2, -0.15) is 0 Å². The van der Waals surface area contributed by atoms with Gasteiger partial charge in [0.1, 0.15) is 5.54 Å². The van der Waals surface area contributed by atoms with Gasteiger partial charge in [0.05, 0.1) is 0 Å². The molecular weight excluding hydrogens is 202 g/mol. The van der Waals surface area contributed by atoms with Gasteiger partial charge in [-0.3, -0.25) is 4.79 Å². The number of benzene rings is 1. The van der Waals surface area contributed by atoms with Gasteiger partial charge in [-0.15, -0.1) is 0 Å². The summed E-state index contributed by atoms with van der Waals surface area (Å²) in [4.78, 5) is 11.2. The van der Waals surface area contributed by atoms with Crippen molar-refractivity contribution in [2.75, 3.05) is 0 Å². The smallest absolute Gasteiger partial charge is 0.324 e. The van der Waals surface area contributed by atoms with E-state index in [-0.39, 0.29) is 0 Å². The van der Waals surface area contributed by atoms with E-state index < -0.39 is 16.9 Å². The Morgan fingerprint density at radius 3 is 2.19 bits per heavy atom. The largest absolute Gasteiger partial charge is 0.480 e. The average molecular weight is 221 g/mol. The van der Waals surface area contributed by atoms with Crippen LogP contribution in [0.15, 0.2) is 24.3 Å². The van der Waals surface area contributed by atoms with E-state index in [2.05, 4.69) is 0 Å². The van der Waals surface area contributed by atoms with Crippen molar-refractivity contribution in [2.45, 2.75) is 38.6 Å². The number of hydrogen-bond acceptors (Lipinski definition) is 2. The second-order valence-corrected chi connectivity index (χ2v) is 4.95. The van der Waals surface area contributed by atoms with Crippen molar-refractivity contribution in [3.8, 4) is 0 Å². The summed E-state index contributed by atoms with van der Waals surface area (Å²) in [6.07, 6.45) is 0. The minimum Gasteiger partial charge on any atom is -0.480 e. The molecule has 0 heterocycles. The highest BCUT2D eigenvalue weighted by Crippen LogP contribution is 2.35. The Bertz CT molecular complexity index is 408. The molecule has 1 aromatic rings. The number of carboxylic acids is 1. The molecule has 1 aromatic carbocycles. The van der Waals surface area contributed by atoms with Crippen LogP contribution in [-0.4, -0.2) is 16.6 Å². The van der Waals surface area contributed by atoms with Crippen LogP contribution in [0.4, 0.5) is 0 Å². The second kappa shape index (κ2) is 3.91. The second-order valence-electron chi connectivity index (χ2n) is 4.95. The van der Waals surface area contributed by atoms with Crippen molar-refractivity contribution in [1.82, 2.24) is 0 Å².